The van der Waals surface area contributed by atoms with Gasteiger partial charge in [-0.05, 0) is 25.0 Å². The molecule has 0 amide bonds. The van der Waals surface area contributed by atoms with Crippen molar-refractivity contribution in [2.45, 2.75) is 18.9 Å². The summed E-state index contributed by atoms with van der Waals surface area (Å²) in [5.74, 6) is 0.714. The standard InChI is InChI=1S/C13H19N5O/c1-19-12-4-7-18(8-5-12)9-6-15-13-3-2-11(10-14)16-17-13/h2-3,12H,4-9H2,1H3,(H,15,17). The highest BCUT2D eigenvalue weighted by molar-refractivity contribution is 5.35. The molecule has 0 saturated carbocycles. The first-order valence-corrected chi connectivity index (χ1v) is 6.54. The van der Waals surface area contributed by atoms with Crippen LogP contribution in [0.5, 0.6) is 0 Å². The van der Waals surface area contributed by atoms with Gasteiger partial charge in [0.1, 0.15) is 11.9 Å². The summed E-state index contributed by atoms with van der Waals surface area (Å²) in [4.78, 5) is 2.42. The molecule has 0 bridgehead atoms. The molecular weight excluding hydrogens is 242 g/mol. The van der Waals surface area contributed by atoms with Crippen LogP contribution in [0.15, 0.2) is 12.1 Å². The molecular formula is C13H19N5O. The predicted molar refractivity (Wildman–Crippen MR) is 71.7 cm³/mol. The topological polar surface area (TPSA) is 74.1 Å². The molecule has 19 heavy (non-hydrogen) atoms. The summed E-state index contributed by atoms with van der Waals surface area (Å²) in [6.07, 6.45) is 2.63. The number of nitrogens with zero attached hydrogens (tertiary/aromatic N) is 4. The van der Waals surface area contributed by atoms with Crippen molar-refractivity contribution in [3.8, 4) is 6.07 Å². The molecule has 0 spiro atoms. The maximum Gasteiger partial charge on any atom is 0.163 e. The molecule has 2 rings (SSSR count). The highest BCUT2D eigenvalue weighted by atomic mass is 16.5. The van der Waals surface area contributed by atoms with Gasteiger partial charge in [0.25, 0.3) is 0 Å². The van der Waals surface area contributed by atoms with Gasteiger partial charge in [-0.1, -0.05) is 0 Å². The number of likely N-dealkylation sites (tertiary alicyclic amines) is 1. The first-order chi connectivity index (χ1) is 9.31. The molecule has 1 aliphatic rings. The van der Waals surface area contributed by atoms with Crippen molar-refractivity contribution in [1.82, 2.24) is 15.1 Å². The van der Waals surface area contributed by atoms with E-state index < -0.39 is 0 Å². The van der Waals surface area contributed by atoms with Gasteiger partial charge in [-0.3, -0.25) is 0 Å². The van der Waals surface area contributed by atoms with Gasteiger partial charge in [-0.15, -0.1) is 10.2 Å². The van der Waals surface area contributed by atoms with E-state index in [4.69, 9.17) is 10.00 Å². The third kappa shape index (κ3) is 4.16. The molecule has 1 aliphatic heterocycles. The molecule has 0 radical (unpaired) electrons. The van der Waals surface area contributed by atoms with Gasteiger partial charge >= 0.3 is 0 Å². The lowest BCUT2D eigenvalue weighted by Gasteiger charge is -2.31. The zero-order chi connectivity index (χ0) is 13.5. The average Bonchev–Trinajstić information content (AvgIpc) is 2.49. The van der Waals surface area contributed by atoms with Gasteiger partial charge in [0.05, 0.1) is 6.10 Å². The molecule has 6 nitrogen and oxygen atoms in total. The summed E-state index contributed by atoms with van der Waals surface area (Å²) in [7, 11) is 1.78. The van der Waals surface area contributed by atoms with Crippen LogP contribution in [0.2, 0.25) is 0 Å². The summed E-state index contributed by atoms with van der Waals surface area (Å²) in [6.45, 7) is 3.98. The molecule has 1 aromatic rings. The number of anilines is 1. The number of nitrogens with one attached hydrogen (secondary N) is 1. The highest BCUT2D eigenvalue weighted by Gasteiger charge is 2.17. The Hall–Kier alpha value is -1.71. The highest BCUT2D eigenvalue weighted by Crippen LogP contribution is 2.12. The Kier molecular flexibility index (Phi) is 5.07. The number of ether oxygens (including phenoxy) is 1. The summed E-state index contributed by atoms with van der Waals surface area (Å²) in [5, 5.41) is 19.6. The van der Waals surface area contributed by atoms with Crippen molar-refractivity contribution in [2.24, 2.45) is 0 Å². The van der Waals surface area contributed by atoms with Crippen molar-refractivity contribution in [2.75, 3.05) is 38.6 Å². The van der Waals surface area contributed by atoms with E-state index in [0.717, 1.165) is 39.0 Å². The fourth-order valence-corrected chi connectivity index (χ4v) is 2.20. The molecule has 1 fully saturated rings. The Morgan fingerprint density at radius 2 is 2.21 bits per heavy atom. The minimum absolute atomic E-state index is 0.340. The maximum atomic E-state index is 8.63. The third-order valence-corrected chi connectivity index (χ3v) is 3.38. The predicted octanol–water partition coefficient (Wildman–Crippen LogP) is 0.871. The van der Waals surface area contributed by atoms with Crippen LogP contribution in [0.3, 0.4) is 0 Å². The fraction of sp³-hybridized carbons (Fsp3) is 0.615. The zero-order valence-corrected chi connectivity index (χ0v) is 11.2. The van der Waals surface area contributed by atoms with E-state index in [1.807, 2.05) is 6.07 Å². The maximum absolute atomic E-state index is 8.63. The minimum atomic E-state index is 0.340. The van der Waals surface area contributed by atoms with Crippen LogP contribution in [0.1, 0.15) is 18.5 Å². The smallest absolute Gasteiger partial charge is 0.163 e. The number of aromatic nitrogens is 2. The zero-order valence-electron chi connectivity index (χ0n) is 11.2. The monoisotopic (exact) mass is 261 g/mol. The van der Waals surface area contributed by atoms with Crippen molar-refractivity contribution in [3.05, 3.63) is 17.8 Å². The molecule has 0 aliphatic carbocycles. The number of rotatable bonds is 5. The lowest BCUT2D eigenvalue weighted by molar-refractivity contribution is 0.0423. The largest absolute Gasteiger partial charge is 0.381 e. The van der Waals surface area contributed by atoms with Crippen molar-refractivity contribution in [1.29, 1.82) is 5.26 Å². The van der Waals surface area contributed by atoms with Gasteiger partial charge < -0.3 is 15.0 Å². The molecule has 1 N–H and O–H groups in total. The van der Waals surface area contributed by atoms with Gasteiger partial charge in [-0.25, -0.2) is 0 Å². The number of nitriles is 1. The van der Waals surface area contributed by atoms with Crippen LogP contribution >= 0.6 is 0 Å². The van der Waals surface area contributed by atoms with E-state index in [0.29, 0.717) is 17.6 Å². The molecule has 0 atom stereocenters. The normalized spacial score (nSPS) is 17.1. The van der Waals surface area contributed by atoms with E-state index >= 15 is 0 Å². The van der Waals surface area contributed by atoms with E-state index in [2.05, 4.69) is 20.4 Å². The van der Waals surface area contributed by atoms with Crippen LogP contribution < -0.4 is 5.32 Å². The minimum Gasteiger partial charge on any atom is -0.381 e. The molecule has 1 saturated heterocycles. The second kappa shape index (κ2) is 7.02. The SMILES string of the molecule is COC1CCN(CCNc2ccc(C#N)nn2)CC1. The summed E-state index contributed by atoms with van der Waals surface area (Å²) in [6, 6.07) is 5.40. The van der Waals surface area contributed by atoms with Crippen molar-refractivity contribution >= 4 is 5.82 Å². The van der Waals surface area contributed by atoms with Gasteiger partial charge in [-0.2, -0.15) is 5.26 Å². The van der Waals surface area contributed by atoms with E-state index in [9.17, 15) is 0 Å². The van der Waals surface area contributed by atoms with Crippen LogP contribution in [0.25, 0.3) is 0 Å². The molecule has 0 unspecified atom stereocenters. The number of methoxy groups -OCH3 is 1. The Balaban J connectivity index is 1.68. The van der Waals surface area contributed by atoms with E-state index in [-0.39, 0.29) is 0 Å². The summed E-state index contributed by atoms with van der Waals surface area (Å²) < 4.78 is 5.35. The quantitative estimate of drug-likeness (QED) is 0.848. The molecule has 2 heterocycles. The third-order valence-electron chi connectivity index (χ3n) is 3.38. The van der Waals surface area contributed by atoms with Crippen LogP contribution in [-0.2, 0) is 4.74 Å². The van der Waals surface area contributed by atoms with Gasteiger partial charge in [0.15, 0.2) is 5.69 Å². The Morgan fingerprint density at radius 1 is 1.42 bits per heavy atom. The molecule has 6 heteroatoms. The molecule has 102 valence electrons. The average molecular weight is 261 g/mol. The fourth-order valence-electron chi connectivity index (χ4n) is 2.20. The van der Waals surface area contributed by atoms with Crippen molar-refractivity contribution < 1.29 is 4.74 Å². The van der Waals surface area contributed by atoms with Crippen LogP contribution in [-0.4, -0.2) is 54.5 Å². The second-order valence-corrected chi connectivity index (χ2v) is 4.62. The van der Waals surface area contributed by atoms with E-state index in [1.165, 1.54) is 0 Å². The lowest BCUT2D eigenvalue weighted by Crippen LogP contribution is -2.39. The first kappa shape index (κ1) is 13.7. The Morgan fingerprint density at radius 3 is 2.79 bits per heavy atom. The second-order valence-electron chi connectivity index (χ2n) is 4.62. The number of hydrogen-bond donors (Lipinski definition) is 1. The number of hydrogen-bond acceptors (Lipinski definition) is 6. The van der Waals surface area contributed by atoms with Crippen molar-refractivity contribution in [3.63, 3.8) is 0 Å². The molecule has 1 aromatic heterocycles. The Bertz CT molecular complexity index is 420. The van der Waals surface area contributed by atoms with Gasteiger partial charge in [0.2, 0.25) is 0 Å². The Labute approximate surface area is 113 Å². The number of piperidine rings is 1. The summed E-state index contributed by atoms with van der Waals surface area (Å²) in [5.41, 5.74) is 0.340. The molecule has 0 aromatic carbocycles. The van der Waals surface area contributed by atoms with E-state index in [1.54, 1.807) is 19.2 Å². The van der Waals surface area contributed by atoms with Gasteiger partial charge in [0, 0.05) is 33.3 Å². The first-order valence-electron chi connectivity index (χ1n) is 6.54. The lowest BCUT2D eigenvalue weighted by atomic mass is 10.1. The van der Waals surface area contributed by atoms with Crippen LogP contribution in [0, 0.1) is 11.3 Å². The van der Waals surface area contributed by atoms with Crippen LogP contribution in [0.4, 0.5) is 5.82 Å². The summed E-state index contributed by atoms with van der Waals surface area (Å²) >= 11 is 0.